The third-order valence-electron chi connectivity index (χ3n) is 4.25. The first-order valence-electron chi connectivity index (χ1n) is 7.14. The first-order valence-corrected chi connectivity index (χ1v) is 7.14. The maximum Gasteiger partial charge on any atom is 0.241 e. The topological polar surface area (TPSA) is 0 Å². The maximum atomic E-state index is 2.28. The molecule has 0 N–H and O–H groups in total. The smallest absolute Gasteiger partial charge is 0.0686 e. The lowest BCUT2D eigenvalue weighted by molar-refractivity contribution is 1.21. The molecule has 0 saturated heterocycles. The highest BCUT2D eigenvalue weighted by Crippen LogP contribution is 2.13. The van der Waals surface area contributed by atoms with Crippen LogP contribution in [0.1, 0.15) is 11.1 Å². The van der Waals surface area contributed by atoms with Gasteiger partial charge in [0.2, 0.25) is 6.71 Å². The van der Waals surface area contributed by atoms with Gasteiger partial charge in [0.05, 0.1) is 0 Å². The summed E-state index contributed by atoms with van der Waals surface area (Å²) in [6, 6.07) is 28.5. The lowest BCUT2D eigenvalue weighted by Gasteiger charge is -2.26. The van der Waals surface area contributed by atoms with Crippen LogP contribution in [0.15, 0.2) is 78.9 Å². The third-order valence-corrected chi connectivity index (χ3v) is 4.25. The predicted octanol–water partition coefficient (Wildman–Crippen LogP) is 2.11. The molecule has 94 valence electrons. The molecule has 1 aliphatic heterocycles. The Kier molecular flexibility index (Phi) is 2.70. The van der Waals surface area contributed by atoms with Crippen molar-refractivity contribution in [2.45, 2.75) is 6.42 Å². The fourth-order valence-corrected chi connectivity index (χ4v) is 3.33. The number of hydrogen-bond donors (Lipinski definition) is 0. The summed E-state index contributed by atoms with van der Waals surface area (Å²) in [6.45, 7) is 0.373. The van der Waals surface area contributed by atoms with Crippen molar-refractivity contribution in [1.29, 1.82) is 0 Å². The van der Waals surface area contributed by atoms with Gasteiger partial charge in [-0.2, -0.15) is 0 Å². The number of benzene rings is 3. The minimum Gasteiger partial charge on any atom is -0.0686 e. The molecule has 0 fully saturated rings. The van der Waals surface area contributed by atoms with Crippen LogP contribution in [-0.2, 0) is 6.42 Å². The van der Waals surface area contributed by atoms with E-state index in [0.717, 1.165) is 6.42 Å². The zero-order chi connectivity index (χ0) is 13.4. The van der Waals surface area contributed by atoms with Crippen LogP contribution in [0.3, 0.4) is 0 Å². The average Bonchev–Trinajstić information content (AvgIpc) is 2.53. The first kappa shape index (κ1) is 11.5. The Morgan fingerprint density at radius 1 is 0.550 bits per heavy atom. The van der Waals surface area contributed by atoms with Crippen molar-refractivity contribution < 1.29 is 0 Å². The van der Waals surface area contributed by atoms with Gasteiger partial charge in [-0.25, -0.2) is 0 Å². The summed E-state index contributed by atoms with van der Waals surface area (Å²) in [7, 11) is 0. The summed E-state index contributed by atoms with van der Waals surface area (Å²) in [4.78, 5) is 0. The molecule has 1 heteroatoms. The molecule has 0 saturated carbocycles. The van der Waals surface area contributed by atoms with E-state index in [1.54, 1.807) is 0 Å². The highest BCUT2D eigenvalue weighted by atomic mass is 14.1. The van der Waals surface area contributed by atoms with Gasteiger partial charge in [-0.15, -0.1) is 0 Å². The van der Waals surface area contributed by atoms with E-state index in [-0.39, 0.29) is 0 Å². The number of fused-ring (bicyclic) bond motifs is 2. The quantitative estimate of drug-likeness (QED) is 0.456. The lowest BCUT2D eigenvalue weighted by Crippen LogP contribution is -2.56. The van der Waals surface area contributed by atoms with Crippen LogP contribution >= 0.6 is 0 Å². The van der Waals surface area contributed by atoms with Crippen molar-refractivity contribution in [2.75, 3.05) is 0 Å². The largest absolute Gasteiger partial charge is 0.241 e. The van der Waals surface area contributed by atoms with E-state index in [1.165, 1.54) is 27.5 Å². The Hall–Kier alpha value is -2.28. The molecule has 0 bridgehead atoms. The second kappa shape index (κ2) is 4.68. The Balaban J connectivity index is 1.98. The maximum absolute atomic E-state index is 2.28. The SMILES string of the molecule is c1ccc(B2c3ccccc3Cc3ccccc32)cc1. The Morgan fingerprint density at radius 3 is 1.65 bits per heavy atom. The van der Waals surface area contributed by atoms with Crippen molar-refractivity contribution in [2.24, 2.45) is 0 Å². The van der Waals surface area contributed by atoms with E-state index in [1.807, 2.05) is 0 Å². The van der Waals surface area contributed by atoms with E-state index in [4.69, 9.17) is 0 Å². The first-order chi connectivity index (χ1) is 9.93. The normalized spacial score (nSPS) is 12.7. The van der Waals surface area contributed by atoms with E-state index < -0.39 is 0 Å². The van der Waals surface area contributed by atoms with Crippen molar-refractivity contribution in [1.82, 2.24) is 0 Å². The van der Waals surface area contributed by atoms with E-state index in [2.05, 4.69) is 78.9 Å². The summed E-state index contributed by atoms with van der Waals surface area (Å²) >= 11 is 0. The summed E-state index contributed by atoms with van der Waals surface area (Å²) in [5.41, 5.74) is 7.21. The van der Waals surface area contributed by atoms with Gasteiger partial charge in [0, 0.05) is 0 Å². The number of hydrogen-bond acceptors (Lipinski definition) is 0. The van der Waals surface area contributed by atoms with E-state index in [9.17, 15) is 0 Å². The summed E-state index contributed by atoms with van der Waals surface area (Å²) in [6.07, 6.45) is 1.05. The third kappa shape index (κ3) is 1.78. The summed E-state index contributed by atoms with van der Waals surface area (Å²) < 4.78 is 0. The van der Waals surface area contributed by atoms with Crippen LogP contribution in [0.5, 0.6) is 0 Å². The standard InChI is InChI=1S/C19H15B/c1-2-10-17(11-3-1)20-18-12-6-4-8-15(18)14-16-9-5-7-13-19(16)20/h1-13H,14H2. The van der Waals surface area contributed by atoms with Gasteiger partial charge in [0.25, 0.3) is 0 Å². The van der Waals surface area contributed by atoms with Gasteiger partial charge in [-0.3, -0.25) is 0 Å². The molecular weight excluding hydrogens is 239 g/mol. The molecule has 20 heavy (non-hydrogen) atoms. The van der Waals surface area contributed by atoms with Crippen molar-refractivity contribution >= 4 is 23.1 Å². The van der Waals surface area contributed by atoms with Crippen LogP contribution in [0.2, 0.25) is 0 Å². The lowest BCUT2D eigenvalue weighted by atomic mass is 9.33. The van der Waals surface area contributed by atoms with Gasteiger partial charge in [-0.05, 0) is 17.5 Å². The van der Waals surface area contributed by atoms with Gasteiger partial charge >= 0.3 is 0 Å². The molecule has 0 aromatic heterocycles. The van der Waals surface area contributed by atoms with Gasteiger partial charge in [-0.1, -0.05) is 95.3 Å². The monoisotopic (exact) mass is 254 g/mol. The molecule has 0 spiro atoms. The van der Waals surface area contributed by atoms with E-state index in [0.29, 0.717) is 6.71 Å². The highest BCUT2D eigenvalue weighted by Gasteiger charge is 2.29. The Bertz CT molecular complexity index is 701. The molecule has 0 aliphatic carbocycles. The molecule has 0 radical (unpaired) electrons. The molecular formula is C19H15B. The average molecular weight is 254 g/mol. The zero-order valence-electron chi connectivity index (χ0n) is 11.3. The van der Waals surface area contributed by atoms with Crippen molar-refractivity contribution in [3.8, 4) is 0 Å². The zero-order valence-corrected chi connectivity index (χ0v) is 11.3. The number of rotatable bonds is 1. The van der Waals surface area contributed by atoms with Crippen LogP contribution in [0.4, 0.5) is 0 Å². The fourth-order valence-electron chi connectivity index (χ4n) is 3.33. The molecule has 0 atom stereocenters. The minimum absolute atomic E-state index is 0.373. The van der Waals surface area contributed by atoms with Gasteiger partial charge < -0.3 is 0 Å². The second-order valence-corrected chi connectivity index (χ2v) is 5.42. The van der Waals surface area contributed by atoms with Crippen molar-refractivity contribution in [3.63, 3.8) is 0 Å². The minimum atomic E-state index is 0.373. The molecule has 3 aromatic rings. The van der Waals surface area contributed by atoms with E-state index >= 15 is 0 Å². The molecule has 4 rings (SSSR count). The predicted molar refractivity (Wildman–Crippen MR) is 86.8 cm³/mol. The molecule has 3 aromatic carbocycles. The van der Waals surface area contributed by atoms with Crippen LogP contribution in [0.25, 0.3) is 0 Å². The summed E-state index contributed by atoms with van der Waals surface area (Å²) in [5.74, 6) is 0. The fraction of sp³-hybridized carbons (Fsp3) is 0.0526. The highest BCUT2D eigenvalue weighted by molar-refractivity contribution is 6.96. The molecule has 0 nitrogen and oxygen atoms in total. The van der Waals surface area contributed by atoms with Crippen molar-refractivity contribution in [3.05, 3.63) is 90.0 Å². The molecule has 1 aliphatic rings. The molecule has 0 amide bonds. The summed E-state index contributed by atoms with van der Waals surface area (Å²) in [5, 5.41) is 0. The Labute approximate surface area is 120 Å². The van der Waals surface area contributed by atoms with Gasteiger partial charge in [0.1, 0.15) is 0 Å². The van der Waals surface area contributed by atoms with Crippen LogP contribution < -0.4 is 16.4 Å². The molecule has 1 heterocycles. The van der Waals surface area contributed by atoms with Crippen LogP contribution in [0, 0.1) is 0 Å². The Morgan fingerprint density at radius 2 is 1.05 bits per heavy atom. The van der Waals surface area contributed by atoms with Crippen LogP contribution in [-0.4, -0.2) is 6.71 Å². The van der Waals surface area contributed by atoms with Gasteiger partial charge in [0.15, 0.2) is 0 Å². The second-order valence-electron chi connectivity index (χ2n) is 5.42. The molecule has 0 unspecified atom stereocenters.